The van der Waals surface area contributed by atoms with Gasteiger partial charge in [0, 0.05) is 18.7 Å². The molecule has 0 aliphatic carbocycles. The predicted octanol–water partition coefficient (Wildman–Crippen LogP) is 0.839. The van der Waals surface area contributed by atoms with Gasteiger partial charge in [-0.15, -0.1) is 0 Å². The summed E-state index contributed by atoms with van der Waals surface area (Å²) >= 11 is 5.04. The summed E-state index contributed by atoms with van der Waals surface area (Å²) in [5.74, 6) is 0.319. The Morgan fingerprint density at radius 2 is 2.10 bits per heavy atom. The van der Waals surface area contributed by atoms with E-state index in [4.69, 9.17) is 21.7 Å². The third-order valence-electron chi connectivity index (χ3n) is 2.42. The number of nitrogens with one attached hydrogen (secondary N) is 3. The van der Waals surface area contributed by atoms with Crippen LogP contribution in [-0.4, -0.2) is 37.9 Å². The average molecular weight is 297 g/mol. The van der Waals surface area contributed by atoms with Gasteiger partial charge < -0.3 is 14.8 Å². The summed E-state index contributed by atoms with van der Waals surface area (Å²) in [5, 5.41) is 3.29. The van der Waals surface area contributed by atoms with Crippen molar-refractivity contribution in [2.75, 3.05) is 20.8 Å². The summed E-state index contributed by atoms with van der Waals surface area (Å²) in [4.78, 5) is 11.9. The molecular formula is C13H19N3O3S. The third-order valence-corrected chi connectivity index (χ3v) is 2.64. The van der Waals surface area contributed by atoms with Gasteiger partial charge in [-0.05, 0) is 37.3 Å². The number of carbonyl (C=O) groups excluding carboxylic acids is 1. The molecule has 1 aromatic carbocycles. The van der Waals surface area contributed by atoms with E-state index in [1.54, 1.807) is 38.5 Å². The Balaban J connectivity index is 2.44. The van der Waals surface area contributed by atoms with Crippen LogP contribution in [0.25, 0.3) is 0 Å². The van der Waals surface area contributed by atoms with Gasteiger partial charge in [0.05, 0.1) is 13.7 Å². The lowest BCUT2D eigenvalue weighted by atomic mass is 10.2. The molecule has 1 rings (SSSR count). The lowest BCUT2D eigenvalue weighted by Crippen LogP contribution is -2.49. The maximum Gasteiger partial charge on any atom is 0.269 e. The number of ether oxygens (including phenoxy) is 2. The lowest BCUT2D eigenvalue weighted by Gasteiger charge is -2.16. The number of hydrazine groups is 1. The van der Waals surface area contributed by atoms with Gasteiger partial charge >= 0.3 is 0 Å². The average Bonchev–Trinajstić information content (AvgIpc) is 2.45. The zero-order chi connectivity index (χ0) is 15.0. The van der Waals surface area contributed by atoms with Crippen LogP contribution >= 0.6 is 12.2 Å². The van der Waals surface area contributed by atoms with Crippen LogP contribution in [0.15, 0.2) is 24.3 Å². The van der Waals surface area contributed by atoms with Gasteiger partial charge in [-0.3, -0.25) is 15.6 Å². The second-order valence-electron chi connectivity index (χ2n) is 4.14. The minimum atomic E-state index is -0.299. The number of hydrogen-bond acceptors (Lipinski definition) is 4. The third kappa shape index (κ3) is 5.41. The smallest absolute Gasteiger partial charge is 0.269 e. The molecule has 0 aromatic heterocycles. The molecule has 6 nitrogen and oxygen atoms in total. The molecule has 0 saturated heterocycles. The van der Waals surface area contributed by atoms with E-state index in [2.05, 4.69) is 16.2 Å². The number of thiocarbonyl (C=S) groups is 1. The zero-order valence-electron chi connectivity index (χ0n) is 11.7. The van der Waals surface area contributed by atoms with Gasteiger partial charge in [-0.1, -0.05) is 6.07 Å². The second kappa shape index (κ2) is 8.34. The fraction of sp³-hybridized carbons (Fsp3) is 0.385. The van der Waals surface area contributed by atoms with Crippen LogP contribution in [-0.2, 0) is 4.74 Å². The maximum absolute atomic E-state index is 11.9. The normalized spacial score (nSPS) is 11.3. The van der Waals surface area contributed by atoms with Crippen LogP contribution in [0, 0.1) is 0 Å². The van der Waals surface area contributed by atoms with Crippen LogP contribution in [0.5, 0.6) is 5.75 Å². The molecule has 1 atom stereocenters. The summed E-state index contributed by atoms with van der Waals surface area (Å²) < 4.78 is 10.0. The molecule has 0 aliphatic heterocycles. The second-order valence-corrected chi connectivity index (χ2v) is 4.55. The van der Waals surface area contributed by atoms with Crippen molar-refractivity contribution in [1.29, 1.82) is 0 Å². The van der Waals surface area contributed by atoms with Crippen molar-refractivity contribution in [2.45, 2.75) is 13.0 Å². The van der Waals surface area contributed by atoms with E-state index in [1.807, 2.05) is 6.92 Å². The summed E-state index contributed by atoms with van der Waals surface area (Å²) in [6, 6.07) is 6.88. The molecule has 1 aromatic rings. The first-order valence-electron chi connectivity index (χ1n) is 6.06. The highest BCUT2D eigenvalue weighted by Gasteiger charge is 2.08. The molecule has 7 heteroatoms. The lowest BCUT2D eigenvalue weighted by molar-refractivity contribution is 0.0943. The standard InChI is InChI=1S/C13H19N3O3S/c1-9(8-18-2)14-13(20)16-15-12(17)10-5-4-6-11(7-10)19-3/h4-7,9H,8H2,1-3H3,(H,15,17)(H2,14,16,20)/t9-/m0/s1. The summed E-state index contributed by atoms with van der Waals surface area (Å²) in [7, 11) is 3.16. The van der Waals surface area contributed by atoms with Gasteiger partial charge in [-0.25, -0.2) is 0 Å². The first kappa shape index (κ1) is 16.2. The van der Waals surface area contributed by atoms with E-state index in [1.165, 1.54) is 0 Å². The summed E-state index contributed by atoms with van der Waals surface area (Å²) in [5.41, 5.74) is 5.62. The van der Waals surface area contributed by atoms with E-state index in [-0.39, 0.29) is 11.9 Å². The van der Waals surface area contributed by atoms with Gasteiger partial charge in [0.25, 0.3) is 5.91 Å². The molecular weight excluding hydrogens is 278 g/mol. The number of methoxy groups -OCH3 is 2. The maximum atomic E-state index is 11.9. The van der Waals surface area contributed by atoms with Crippen molar-refractivity contribution in [1.82, 2.24) is 16.2 Å². The van der Waals surface area contributed by atoms with Crippen LogP contribution in [0.2, 0.25) is 0 Å². The van der Waals surface area contributed by atoms with Gasteiger partial charge in [0.1, 0.15) is 5.75 Å². The predicted molar refractivity (Wildman–Crippen MR) is 80.7 cm³/mol. The fourth-order valence-corrected chi connectivity index (χ4v) is 1.75. The number of benzene rings is 1. The molecule has 0 saturated carbocycles. The Bertz CT molecular complexity index is 468. The van der Waals surface area contributed by atoms with Crippen molar-refractivity contribution in [3.63, 3.8) is 0 Å². The Hall–Kier alpha value is -1.86. The molecule has 0 spiro atoms. The molecule has 0 unspecified atom stereocenters. The van der Waals surface area contributed by atoms with Crippen molar-refractivity contribution >= 4 is 23.2 Å². The van der Waals surface area contributed by atoms with Crippen molar-refractivity contribution in [3.05, 3.63) is 29.8 Å². The summed E-state index contributed by atoms with van der Waals surface area (Å²) in [6.07, 6.45) is 0. The molecule has 0 fully saturated rings. The number of rotatable bonds is 5. The molecule has 0 heterocycles. The highest BCUT2D eigenvalue weighted by atomic mass is 32.1. The largest absolute Gasteiger partial charge is 0.497 e. The molecule has 3 N–H and O–H groups in total. The molecule has 0 aliphatic rings. The highest BCUT2D eigenvalue weighted by molar-refractivity contribution is 7.80. The van der Waals surface area contributed by atoms with E-state index in [0.717, 1.165) is 0 Å². The number of hydrogen-bond donors (Lipinski definition) is 3. The fourth-order valence-electron chi connectivity index (χ4n) is 1.50. The topological polar surface area (TPSA) is 71.6 Å². The first-order chi connectivity index (χ1) is 9.56. The minimum Gasteiger partial charge on any atom is -0.497 e. The molecule has 0 radical (unpaired) electrons. The van der Waals surface area contributed by atoms with Crippen molar-refractivity contribution < 1.29 is 14.3 Å². The SMILES string of the molecule is COC[C@H](C)NC(=S)NNC(=O)c1cccc(OC)c1. The van der Waals surface area contributed by atoms with Gasteiger partial charge in [0.2, 0.25) is 0 Å². The Kier molecular flexibility index (Phi) is 6.75. The number of carbonyl (C=O) groups is 1. The van der Waals surface area contributed by atoms with E-state index in [0.29, 0.717) is 23.0 Å². The van der Waals surface area contributed by atoms with E-state index < -0.39 is 0 Å². The molecule has 0 bridgehead atoms. The van der Waals surface area contributed by atoms with Crippen LogP contribution in [0.1, 0.15) is 17.3 Å². The highest BCUT2D eigenvalue weighted by Crippen LogP contribution is 2.11. The van der Waals surface area contributed by atoms with Gasteiger partial charge in [0.15, 0.2) is 5.11 Å². The van der Waals surface area contributed by atoms with Crippen LogP contribution in [0.3, 0.4) is 0 Å². The van der Waals surface area contributed by atoms with Crippen LogP contribution < -0.4 is 20.9 Å². The molecule has 110 valence electrons. The molecule has 20 heavy (non-hydrogen) atoms. The molecule has 1 amide bonds. The first-order valence-corrected chi connectivity index (χ1v) is 6.47. The quantitative estimate of drug-likeness (QED) is 0.552. The zero-order valence-corrected chi connectivity index (χ0v) is 12.5. The Morgan fingerprint density at radius 3 is 2.75 bits per heavy atom. The Labute approximate surface area is 123 Å². The van der Waals surface area contributed by atoms with Crippen molar-refractivity contribution in [2.24, 2.45) is 0 Å². The van der Waals surface area contributed by atoms with E-state index >= 15 is 0 Å². The number of amides is 1. The van der Waals surface area contributed by atoms with Crippen LogP contribution in [0.4, 0.5) is 0 Å². The monoisotopic (exact) mass is 297 g/mol. The Morgan fingerprint density at radius 1 is 1.35 bits per heavy atom. The van der Waals surface area contributed by atoms with E-state index in [9.17, 15) is 4.79 Å². The van der Waals surface area contributed by atoms with Crippen molar-refractivity contribution in [3.8, 4) is 5.75 Å². The minimum absolute atomic E-state index is 0.0497. The summed E-state index contributed by atoms with van der Waals surface area (Å²) in [6.45, 7) is 2.44. The van der Waals surface area contributed by atoms with Gasteiger partial charge in [-0.2, -0.15) is 0 Å².